The smallest absolute Gasteiger partial charge is 0.0482 e. The van der Waals surface area contributed by atoms with Crippen LogP contribution in [0.3, 0.4) is 0 Å². The van der Waals surface area contributed by atoms with Crippen molar-refractivity contribution in [1.29, 1.82) is 0 Å². The van der Waals surface area contributed by atoms with Gasteiger partial charge in [0.05, 0.1) is 0 Å². The van der Waals surface area contributed by atoms with Crippen LogP contribution in [-0.2, 0) is 12.8 Å². The molecule has 40 heavy (non-hydrogen) atoms. The Balaban J connectivity index is 1.93. The number of H-pyrrole nitrogens is 4. The van der Waals surface area contributed by atoms with Crippen LogP contribution in [0.1, 0.15) is 80.1 Å². The number of aliphatic hydroxyl groups excluding tert-OH is 2. The van der Waals surface area contributed by atoms with Crippen molar-refractivity contribution < 1.29 is 10.2 Å². The summed E-state index contributed by atoms with van der Waals surface area (Å²) >= 11 is 0. The second-order valence-corrected chi connectivity index (χ2v) is 10.7. The molecule has 0 unspecified atom stereocenters. The van der Waals surface area contributed by atoms with Crippen molar-refractivity contribution in [2.45, 2.75) is 53.4 Å². The molecule has 6 N–H and O–H groups in total. The van der Waals surface area contributed by atoms with Crippen LogP contribution in [0, 0.1) is 27.7 Å². The molecule has 0 amide bonds. The molecule has 5 rings (SSSR count). The van der Waals surface area contributed by atoms with Crippen molar-refractivity contribution in [3.8, 4) is 0 Å². The molecule has 6 heteroatoms. The van der Waals surface area contributed by atoms with Gasteiger partial charge in [-0.05, 0) is 111 Å². The highest BCUT2D eigenvalue weighted by Gasteiger charge is 2.16. The second-order valence-electron chi connectivity index (χ2n) is 10.7. The van der Waals surface area contributed by atoms with Crippen molar-refractivity contribution >= 4 is 36.5 Å². The number of hydrogen-bond donors (Lipinski definition) is 6. The van der Waals surface area contributed by atoms with Gasteiger partial charge >= 0.3 is 0 Å². The Bertz CT molecular complexity index is 1850. The van der Waals surface area contributed by atoms with Crippen molar-refractivity contribution in [2.75, 3.05) is 13.2 Å². The Morgan fingerprint density at radius 1 is 0.550 bits per heavy atom. The Kier molecular flexibility index (Phi) is 7.74. The van der Waals surface area contributed by atoms with Gasteiger partial charge in [-0.15, -0.1) is 0 Å². The van der Waals surface area contributed by atoms with Gasteiger partial charge in [0.2, 0.25) is 0 Å². The maximum Gasteiger partial charge on any atom is 0.0482 e. The number of hydrogen-bond acceptors (Lipinski definition) is 2. The van der Waals surface area contributed by atoms with Gasteiger partial charge in [-0.1, -0.05) is 25.3 Å². The fourth-order valence-corrected chi connectivity index (χ4v) is 5.98. The molecule has 4 aromatic heterocycles. The lowest BCUT2D eigenvalue weighted by Gasteiger charge is -2.02. The number of rotatable bonds is 8. The Hall–Kier alpha value is -4.00. The molecule has 0 radical (unpaired) electrons. The maximum absolute atomic E-state index is 9.62. The van der Waals surface area contributed by atoms with Crippen LogP contribution in [0.15, 0.2) is 13.2 Å². The normalized spacial score (nSPS) is 15.8. The summed E-state index contributed by atoms with van der Waals surface area (Å²) in [6, 6.07) is 0. The first kappa shape index (κ1) is 27.6. The van der Waals surface area contributed by atoms with Gasteiger partial charge in [0.1, 0.15) is 0 Å². The zero-order chi connectivity index (χ0) is 28.6. The summed E-state index contributed by atoms with van der Waals surface area (Å²) in [5.74, 6) is 0. The van der Waals surface area contributed by atoms with E-state index in [0.29, 0.717) is 12.8 Å². The first-order valence-electron chi connectivity index (χ1n) is 14.0. The van der Waals surface area contributed by atoms with E-state index in [0.717, 1.165) is 79.3 Å². The summed E-state index contributed by atoms with van der Waals surface area (Å²) in [5.41, 5.74) is 13.2. The van der Waals surface area contributed by atoms with Gasteiger partial charge in [-0.25, -0.2) is 0 Å². The van der Waals surface area contributed by atoms with Gasteiger partial charge in [0, 0.05) is 68.5 Å². The Labute approximate surface area is 234 Å². The first-order chi connectivity index (χ1) is 19.3. The fourth-order valence-electron chi connectivity index (χ4n) is 5.98. The van der Waals surface area contributed by atoms with Crippen LogP contribution >= 0.6 is 0 Å². The summed E-state index contributed by atoms with van der Waals surface area (Å²) in [5, 5.41) is 23.3. The van der Waals surface area contributed by atoms with E-state index in [9.17, 15) is 10.2 Å². The maximum atomic E-state index is 9.62. The Morgan fingerprint density at radius 3 is 1.75 bits per heavy atom. The summed E-state index contributed by atoms with van der Waals surface area (Å²) in [7, 11) is 0. The summed E-state index contributed by atoms with van der Waals surface area (Å²) in [6.07, 6.45) is 15.4. The van der Waals surface area contributed by atoms with E-state index in [4.69, 9.17) is 0 Å². The lowest BCUT2D eigenvalue weighted by atomic mass is 10.0. The van der Waals surface area contributed by atoms with Gasteiger partial charge in [-0.3, -0.25) is 0 Å². The fraction of sp³-hybridized carbons (Fsp3) is 0.294. The average molecular weight is 537 g/mol. The van der Waals surface area contributed by atoms with Crippen LogP contribution in [0.5, 0.6) is 0 Å². The molecule has 4 aromatic rings. The number of aromatic nitrogens is 4. The molecule has 1 aliphatic rings. The van der Waals surface area contributed by atoms with Crippen molar-refractivity contribution in [3.05, 3.63) is 102 Å². The van der Waals surface area contributed by atoms with Crippen molar-refractivity contribution in [2.24, 2.45) is 0 Å². The van der Waals surface area contributed by atoms with Crippen molar-refractivity contribution in [1.82, 2.24) is 19.9 Å². The number of nitrogens with one attached hydrogen (secondary N) is 4. The zero-order valence-corrected chi connectivity index (χ0v) is 24.0. The van der Waals surface area contributed by atoms with Gasteiger partial charge in [-0.2, -0.15) is 0 Å². The quantitative estimate of drug-likeness (QED) is 0.184. The number of fused-ring (bicyclic) bond motifs is 8. The van der Waals surface area contributed by atoms with Crippen LogP contribution in [0.25, 0.3) is 36.5 Å². The van der Waals surface area contributed by atoms with Crippen LogP contribution in [0.2, 0.25) is 0 Å². The number of aromatic amines is 4. The Morgan fingerprint density at radius 2 is 1.07 bits per heavy atom. The van der Waals surface area contributed by atoms with E-state index in [-0.39, 0.29) is 13.2 Å². The lowest BCUT2D eigenvalue weighted by molar-refractivity contribution is 0.288. The molecule has 1 aliphatic heterocycles. The summed E-state index contributed by atoms with van der Waals surface area (Å²) in [4.78, 5) is 14.6. The van der Waals surface area contributed by atoms with Crippen molar-refractivity contribution in [3.63, 3.8) is 0 Å². The minimum atomic E-state index is 0.144. The molecule has 0 fully saturated rings. The van der Waals surface area contributed by atoms with Gasteiger partial charge in [0.25, 0.3) is 0 Å². The highest BCUT2D eigenvalue weighted by molar-refractivity contribution is 5.72. The molecule has 0 saturated carbocycles. The van der Waals surface area contributed by atoms with E-state index in [1.54, 1.807) is 0 Å². The molecule has 0 aromatic carbocycles. The minimum absolute atomic E-state index is 0.144. The zero-order valence-electron chi connectivity index (χ0n) is 24.0. The minimum Gasteiger partial charge on any atom is -0.396 e. The molecular weight excluding hydrogens is 496 g/mol. The van der Waals surface area contributed by atoms with Gasteiger partial charge in [0.15, 0.2) is 0 Å². The molecule has 0 saturated heterocycles. The standard InChI is InChI=1S/C34H40N4O2/c1-7-23-19(3)27-15-28-21(5)25(11-9-13-39)33(37-28)18-34-26(12-10-14-40)22(6)30(38-34)17-32-24(8-2)20(4)29(36-32)16-31(23)35-27/h7-8,15-18,35-40H,1-2,9-14H2,3-6H3/b27-15?,28-15-,29-16-,30-17?,31-16?,32-17-,33-18-,34-18?. The third kappa shape index (κ3) is 4.78. The van der Waals surface area contributed by atoms with E-state index in [1.807, 2.05) is 12.2 Å². The second kappa shape index (κ2) is 11.2. The molecule has 5 heterocycles. The highest BCUT2D eigenvalue weighted by atomic mass is 16.3. The van der Waals surface area contributed by atoms with Crippen LogP contribution in [-0.4, -0.2) is 43.4 Å². The molecule has 6 nitrogen and oxygen atoms in total. The largest absolute Gasteiger partial charge is 0.396 e. The SMILES string of the molecule is C=Cc1c2[nH]c(c1C)/C=c1\[nH]/c(c(CCCO)c1C)=C\c1[nH]c(c(C)c1CCCO)/C=c1\[nH]/c(c(C)c1C=C)=C\2. The highest BCUT2D eigenvalue weighted by Crippen LogP contribution is 2.23. The molecular formula is C34H40N4O2. The molecule has 8 bridgehead atoms. The van der Waals surface area contributed by atoms with E-state index >= 15 is 0 Å². The third-order valence-corrected chi connectivity index (χ3v) is 8.37. The molecule has 0 aliphatic carbocycles. The monoisotopic (exact) mass is 536 g/mol. The average Bonchev–Trinajstić information content (AvgIpc) is 3.59. The van der Waals surface area contributed by atoms with Gasteiger partial charge < -0.3 is 30.1 Å². The van der Waals surface area contributed by atoms with Crippen LogP contribution < -0.4 is 21.4 Å². The first-order valence-corrected chi connectivity index (χ1v) is 14.0. The molecule has 0 atom stereocenters. The third-order valence-electron chi connectivity index (χ3n) is 8.37. The summed E-state index contributed by atoms with van der Waals surface area (Å²) in [6.45, 7) is 17.0. The van der Waals surface area contributed by atoms with E-state index < -0.39 is 0 Å². The number of aliphatic hydroxyl groups is 2. The van der Waals surface area contributed by atoms with Crippen LogP contribution in [0.4, 0.5) is 0 Å². The molecule has 0 spiro atoms. The van der Waals surface area contributed by atoms with E-state index in [1.165, 1.54) is 22.3 Å². The topological polar surface area (TPSA) is 104 Å². The summed E-state index contributed by atoms with van der Waals surface area (Å²) < 4.78 is 0. The van der Waals surface area contributed by atoms with E-state index in [2.05, 4.69) is 85.1 Å². The molecule has 208 valence electrons. The lowest BCUT2D eigenvalue weighted by Crippen LogP contribution is -2.13. The predicted molar refractivity (Wildman–Crippen MR) is 166 cm³/mol. The predicted octanol–water partition coefficient (Wildman–Crippen LogP) is 3.00.